The zero-order valence-corrected chi connectivity index (χ0v) is 14.7. The summed E-state index contributed by atoms with van der Waals surface area (Å²) in [5, 5.41) is 4.07. The number of carbonyl (C=O) groups is 1. The Morgan fingerprint density at radius 2 is 1.83 bits per heavy atom. The second-order valence-electron chi connectivity index (χ2n) is 5.62. The molecule has 0 aliphatic rings. The Bertz CT molecular complexity index is 661. The predicted molar refractivity (Wildman–Crippen MR) is 95.8 cm³/mol. The summed E-state index contributed by atoms with van der Waals surface area (Å²) >= 11 is 11.9. The molecule has 3 nitrogen and oxygen atoms in total. The van der Waals surface area contributed by atoms with E-state index < -0.39 is 0 Å². The first-order valence-corrected chi connectivity index (χ1v) is 8.18. The van der Waals surface area contributed by atoms with Gasteiger partial charge in [0.1, 0.15) is 0 Å². The Labute approximate surface area is 147 Å². The van der Waals surface area contributed by atoms with Gasteiger partial charge in [-0.15, -0.1) is 0 Å². The van der Waals surface area contributed by atoms with E-state index in [4.69, 9.17) is 23.2 Å². The van der Waals surface area contributed by atoms with Gasteiger partial charge in [0.25, 0.3) is 0 Å². The summed E-state index contributed by atoms with van der Waals surface area (Å²) in [6.45, 7) is 2.92. The SMILES string of the molecule is CC(NC(=O)CN(C)Cc1ccc(Cl)c(Cl)c1)c1ccccc1. The molecule has 0 saturated carbocycles. The molecule has 0 saturated heterocycles. The molecule has 0 heterocycles. The molecule has 1 unspecified atom stereocenters. The standard InChI is InChI=1S/C18H20Cl2N2O/c1-13(15-6-4-3-5-7-15)21-18(23)12-22(2)11-14-8-9-16(19)17(20)10-14/h3-10,13H,11-12H2,1-2H3,(H,21,23). The van der Waals surface area contributed by atoms with Crippen molar-refractivity contribution in [2.45, 2.75) is 19.5 Å². The summed E-state index contributed by atoms with van der Waals surface area (Å²) < 4.78 is 0. The lowest BCUT2D eigenvalue weighted by atomic mass is 10.1. The third-order valence-electron chi connectivity index (χ3n) is 3.53. The third-order valence-corrected chi connectivity index (χ3v) is 4.27. The number of amides is 1. The fraction of sp³-hybridized carbons (Fsp3) is 0.278. The average molecular weight is 351 g/mol. The molecule has 5 heteroatoms. The number of nitrogens with zero attached hydrogens (tertiary/aromatic N) is 1. The first-order valence-electron chi connectivity index (χ1n) is 7.42. The van der Waals surface area contributed by atoms with Crippen molar-refractivity contribution >= 4 is 29.1 Å². The molecule has 2 aromatic rings. The van der Waals surface area contributed by atoms with Gasteiger partial charge in [-0.1, -0.05) is 59.6 Å². The maximum absolute atomic E-state index is 12.1. The van der Waals surface area contributed by atoms with Gasteiger partial charge in [-0.25, -0.2) is 0 Å². The second kappa shape index (κ2) is 8.34. The topological polar surface area (TPSA) is 32.3 Å². The smallest absolute Gasteiger partial charge is 0.234 e. The van der Waals surface area contributed by atoms with Gasteiger partial charge in [0.15, 0.2) is 0 Å². The van der Waals surface area contributed by atoms with E-state index in [1.165, 1.54) is 0 Å². The first-order chi connectivity index (χ1) is 11.0. The van der Waals surface area contributed by atoms with Gasteiger partial charge >= 0.3 is 0 Å². The first kappa shape index (κ1) is 17.8. The minimum absolute atomic E-state index is 0.0103. The van der Waals surface area contributed by atoms with E-state index in [0.717, 1.165) is 11.1 Å². The summed E-state index contributed by atoms with van der Waals surface area (Å²) in [6.07, 6.45) is 0. The number of rotatable bonds is 6. The molecule has 0 bridgehead atoms. The van der Waals surface area contributed by atoms with Gasteiger partial charge in [0.05, 0.1) is 22.6 Å². The van der Waals surface area contributed by atoms with Crippen LogP contribution in [0.15, 0.2) is 48.5 Å². The Balaban J connectivity index is 1.85. The Morgan fingerprint density at radius 3 is 2.48 bits per heavy atom. The van der Waals surface area contributed by atoms with Crippen LogP contribution in [0.25, 0.3) is 0 Å². The van der Waals surface area contributed by atoms with Gasteiger partial charge in [-0.05, 0) is 37.2 Å². The monoisotopic (exact) mass is 350 g/mol. The van der Waals surface area contributed by atoms with Crippen LogP contribution in [-0.4, -0.2) is 24.4 Å². The van der Waals surface area contributed by atoms with Crippen molar-refractivity contribution in [1.29, 1.82) is 0 Å². The van der Waals surface area contributed by atoms with Crippen LogP contribution in [0.3, 0.4) is 0 Å². The zero-order chi connectivity index (χ0) is 16.8. The lowest BCUT2D eigenvalue weighted by Gasteiger charge is -2.19. The number of hydrogen-bond acceptors (Lipinski definition) is 2. The van der Waals surface area contributed by atoms with Crippen LogP contribution in [0.1, 0.15) is 24.1 Å². The van der Waals surface area contributed by atoms with Crippen LogP contribution in [-0.2, 0) is 11.3 Å². The molecule has 1 amide bonds. The zero-order valence-electron chi connectivity index (χ0n) is 13.2. The van der Waals surface area contributed by atoms with Crippen molar-refractivity contribution < 1.29 is 4.79 Å². The van der Waals surface area contributed by atoms with Crippen molar-refractivity contribution in [3.63, 3.8) is 0 Å². The van der Waals surface area contributed by atoms with Crippen molar-refractivity contribution in [3.8, 4) is 0 Å². The molecule has 0 aliphatic carbocycles. The van der Waals surface area contributed by atoms with E-state index in [9.17, 15) is 4.79 Å². The molecule has 0 radical (unpaired) electrons. The molecular formula is C18H20Cl2N2O. The van der Waals surface area contributed by atoms with Gasteiger partial charge in [0.2, 0.25) is 5.91 Å². The molecule has 0 aromatic heterocycles. The van der Waals surface area contributed by atoms with E-state index >= 15 is 0 Å². The molecule has 2 rings (SSSR count). The maximum Gasteiger partial charge on any atom is 0.234 e. The van der Waals surface area contributed by atoms with Gasteiger partial charge in [0, 0.05) is 6.54 Å². The largest absolute Gasteiger partial charge is 0.348 e. The fourth-order valence-corrected chi connectivity index (χ4v) is 2.68. The Kier molecular flexibility index (Phi) is 6.46. The van der Waals surface area contributed by atoms with Crippen LogP contribution in [0, 0.1) is 0 Å². The summed E-state index contributed by atoms with van der Waals surface area (Å²) in [4.78, 5) is 14.1. The molecular weight excluding hydrogens is 331 g/mol. The predicted octanol–water partition coefficient (Wildman–Crippen LogP) is 4.30. The minimum Gasteiger partial charge on any atom is -0.348 e. The molecule has 0 spiro atoms. The summed E-state index contributed by atoms with van der Waals surface area (Å²) in [6, 6.07) is 15.4. The van der Waals surface area contributed by atoms with E-state index in [1.807, 2.05) is 61.3 Å². The van der Waals surface area contributed by atoms with Gasteiger partial charge < -0.3 is 5.32 Å². The third kappa shape index (κ3) is 5.54. The number of benzene rings is 2. The fourth-order valence-electron chi connectivity index (χ4n) is 2.36. The lowest BCUT2D eigenvalue weighted by Crippen LogP contribution is -2.36. The lowest BCUT2D eigenvalue weighted by molar-refractivity contribution is -0.122. The van der Waals surface area contributed by atoms with Crippen LogP contribution in [0.4, 0.5) is 0 Å². The number of carbonyl (C=O) groups excluding carboxylic acids is 1. The Hall–Kier alpha value is -1.55. The molecule has 1 atom stereocenters. The number of nitrogens with one attached hydrogen (secondary N) is 1. The molecule has 2 aromatic carbocycles. The molecule has 0 fully saturated rings. The van der Waals surface area contributed by atoms with Crippen LogP contribution >= 0.6 is 23.2 Å². The molecule has 23 heavy (non-hydrogen) atoms. The maximum atomic E-state index is 12.1. The number of hydrogen-bond donors (Lipinski definition) is 1. The molecule has 122 valence electrons. The van der Waals surface area contributed by atoms with E-state index in [-0.39, 0.29) is 11.9 Å². The van der Waals surface area contributed by atoms with Crippen molar-refractivity contribution in [2.75, 3.05) is 13.6 Å². The van der Waals surface area contributed by atoms with Crippen LogP contribution in [0.2, 0.25) is 10.0 Å². The normalized spacial score (nSPS) is 12.2. The molecule has 0 aliphatic heterocycles. The van der Waals surface area contributed by atoms with E-state index in [1.54, 1.807) is 6.07 Å². The quantitative estimate of drug-likeness (QED) is 0.842. The van der Waals surface area contributed by atoms with Crippen LogP contribution in [0.5, 0.6) is 0 Å². The van der Waals surface area contributed by atoms with Crippen molar-refractivity contribution in [2.24, 2.45) is 0 Å². The number of likely N-dealkylation sites (N-methyl/N-ethyl adjacent to an activating group) is 1. The second-order valence-corrected chi connectivity index (χ2v) is 6.44. The Morgan fingerprint density at radius 1 is 1.13 bits per heavy atom. The summed E-state index contributed by atoms with van der Waals surface area (Å²) in [7, 11) is 1.90. The van der Waals surface area contributed by atoms with Crippen molar-refractivity contribution in [1.82, 2.24) is 10.2 Å². The van der Waals surface area contributed by atoms with Gasteiger partial charge in [-0.3, -0.25) is 9.69 Å². The van der Waals surface area contributed by atoms with E-state index in [0.29, 0.717) is 23.1 Å². The highest BCUT2D eigenvalue weighted by molar-refractivity contribution is 6.42. The highest BCUT2D eigenvalue weighted by atomic mass is 35.5. The highest BCUT2D eigenvalue weighted by Crippen LogP contribution is 2.23. The summed E-state index contributed by atoms with van der Waals surface area (Å²) in [5.41, 5.74) is 2.11. The minimum atomic E-state index is -0.0120. The highest BCUT2D eigenvalue weighted by Gasteiger charge is 2.12. The molecule has 1 N–H and O–H groups in total. The van der Waals surface area contributed by atoms with E-state index in [2.05, 4.69) is 5.32 Å². The average Bonchev–Trinajstić information content (AvgIpc) is 2.51. The summed E-state index contributed by atoms with van der Waals surface area (Å²) in [5.74, 6) is -0.0103. The van der Waals surface area contributed by atoms with Crippen LogP contribution < -0.4 is 5.32 Å². The van der Waals surface area contributed by atoms with Crippen molar-refractivity contribution in [3.05, 3.63) is 69.7 Å². The number of halogens is 2. The van der Waals surface area contributed by atoms with Gasteiger partial charge in [-0.2, -0.15) is 0 Å².